The van der Waals surface area contributed by atoms with Crippen LogP contribution in [0.5, 0.6) is 0 Å². The molecule has 1 aliphatic heterocycles. The molecule has 0 aliphatic carbocycles. The first-order chi connectivity index (χ1) is 15.8. The Morgan fingerprint density at radius 2 is 2.09 bits per heavy atom. The molecule has 11 heteroatoms. The average molecular weight is 477 g/mol. The van der Waals surface area contributed by atoms with Gasteiger partial charge in [-0.2, -0.15) is 0 Å². The normalized spacial score (nSPS) is 16.6. The lowest BCUT2D eigenvalue weighted by Crippen LogP contribution is -2.45. The quantitative estimate of drug-likeness (QED) is 0.420. The van der Waals surface area contributed by atoms with Gasteiger partial charge in [0.15, 0.2) is 11.5 Å². The maximum absolute atomic E-state index is 12.3. The van der Waals surface area contributed by atoms with Crippen molar-refractivity contribution in [3.8, 4) is 0 Å². The highest BCUT2D eigenvalue weighted by molar-refractivity contribution is 6.76. The number of methoxy groups -OCH3 is 1. The van der Waals surface area contributed by atoms with E-state index in [4.69, 9.17) is 9.47 Å². The summed E-state index contributed by atoms with van der Waals surface area (Å²) in [5.41, 5.74) is 1.41. The molecule has 3 amide bonds. The fraction of sp³-hybridized carbons (Fsp3) is 0.636. The molecule has 1 atom stereocenters. The minimum absolute atomic E-state index is 0.0790. The maximum Gasteiger partial charge on any atom is 0.409 e. The van der Waals surface area contributed by atoms with Crippen LogP contribution in [0, 0.1) is 0 Å². The SMILES string of the molecule is COC(=O)N1CCCCC1CCNC(=O)Nc1cnc2c(ccn2COCC[Si](C)(C)C)n1. The van der Waals surface area contributed by atoms with Gasteiger partial charge in [0.05, 0.1) is 13.3 Å². The van der Waals surface area contributed by atoms with Crippen LogP contribution in [0.3, 0.4) is 0 Å². The van der Waals surface area contributed by atoms with Gasteiger partial charge in [0.2, 0.25) is 0 Å². The highest BCUT2D eigenvalue weighted by Gasteiger charge is 2.27. The number of piperidine rings is 1. The van der Waals surface area contributed by atoms with Crippen molar-refractivity contribution < 1.29 is 19.1 Å². The van der Waals surface area contributed by atoms with Gasteiger partial charge in [-0.25, -0.2) is 19.6 Å². The van der Waals surface area contributed by atoms with Gasteiger partial charge in [0.25, 0.3) is 0 Å². The maximum atomic E-state index is 12.3. The molecule has 0 spiro atoms. The molecule has 10 nitrogen and oxygen atoms in total. The van der Waals surface area contributed by atoms with Crippen molar-refractivity contribution in [2.24, 2.45) is 0 Å². The van der Waals surface area contributed by atoms with Gasteiger partial charge in [-0.3, -0.25) is 5.32 Å². The van der Waals surface area contributed by atoms with Crippen LogP contribution >= 0.6 is 0 Å². The molecule has 33 heavy (non-hydrogen) atoms. The van der Waals surface area contributed by atoms with Gasteiger partial charge >= 0.3 is 12.1 Å². The number of amides is 3. The highest BCUT2D eigenvalue weighted by Crippen LogP contribution is 2.20. The van der Waals surface area contributed by atoms with Crippen molar-refractivity contribution in [3.63, 3.8) is 0 Å². The highest BCUT2D eigenvalue weighted by atomic mass is 28.3. The number of nitrogens with zero attached hydrogens (tertiary/aromatic N) is 4. The fourth-order valence-electron chi connectivity index (χ4n) is 3.84. The second-order valence-corrected chi connectivity index (χ2v) is 15.2. The Hall–Kier alpha value is -2.66. The van der Waals surface area contributed by atoms with Crippen LogP contribution in [-0.2, 0) is 16.2 Å². The predicted octanol–water partition coefficient (Wildman–Crippen LogP) is 3.88. The van der Waals surface area contributed by atoms with Crippen LogP contribution in [0.1, 0.15) is 25.7 Å². The largest absolute Gasteiger partial charge is 0.453 e. The monoisotopic (exact) mass is 476 g/mol. The number of ether oxygens (including phenoxy) is 2. The van der Waals surface area contributed by atoms with Crippen molar-refractivity contribution in [2.45, 2.75) is 64.1 Å². The van der Waals surface area contributed by atoms with Gasteiger partial charge in [-0.05, 0) is 37.8 Å². The van der Waals surface area contributed by atoms with Crippen LogP contribution in [0.25, 0.3) is 11.2 Å². The molecule has 3 heterocycles. The third-order valence-electron chi connectivity index (χ3n) is 5.73. The van der Waals surface area contributed by atoms with Crippen LogP contribution < -0.4 is 10.6 Å². The first-order valence-electron chi connectivity index (χ1n) is 11.6. The summed E-state index contributed by atoms with van der Waals surface area (Å²) in [5.74, 6) is 0.381. The standard InChI is InChI=1S/C22H36N6O4Si/c1-31-22(30)28-11-6-5-7-17(28)8-10-23-21(29)26-19-15-24-20-18(25-19)9-12-27(20)16-32-13-14-33(2,3)4/h9,12,15,17H,5-8,10-11,13-14,16H2,1-4H3,(H2,23,25,26,29). The molecular weight excluding hydrogens is 440 g/mol. The van der Waals surface area contributed by atoms with E-state index in [2.05, 4.69) is 40.2 Å². The van der Waals surface area contributed by atoms with Crippen molar-refractivity contribution in [1.29, 1.82) is 0 Å². The number of nitrogens with one attached hydrogen (secondary N) is 2. The zero-order valence-corrected chi connectivity index (χ0v) is 21.1. The van der Waals surface area contributed by atoms with E-state index in [9.17, 15) is 9.59 Å². The molecule has 1 unspecified atom stereocenters. The lowest BCUT2D eigenvalue weighted by molar-refractivity contribution is 0.0872. The van der Waals surface area contributed by atoms with Crippen LogP contribution in [-0.4, -0.2) is 72.5 Å². The van der Waals surface area contributed by atoms with E-state index in [0.717, 1.165) is 31.9 Å². The zero-order valence-electron chi connectivity index (χ0n) is 20.1. The molecule has 1 aliphatic rings. The van der Waals surface area contributed by atoms with Gasteiger partial charge < -0.3 is 24.3 Å². The molecule has 2 aromatic heterocycles. The van der Waals surface area contributed by atoms with E-state index in [0.29, 0.717) is 43.2 Å². The first-order valence-corrected chi connectivity index (χ1v) is 15.3. The van der Waals surface area contributed by atoms with Crippen LogP contribution in [0.15, 0.2) is 18.5 Å². The third kappa shape index (κ3) is 7.43. The van der Waals surface area contributed by atoms with E-state index in [-0.39, 0.29) is 18.2 Å². The molecule has 0 radical (unpaired) electrons. The summed E-state index contributed by atoms with van der Waals surface area (Å²) < 4.78 is 12.6. The average Bonchev–Trinajstić information content (AvgIpc) is 3.18. The van der Waals surface area contributed by atoms with E-state index < -0.39 is 8.07 Å². The number of rotatable bonds is 9. The van der Waals surface area contributed by atoms with Gasteiger partial charge in [0.1, 0.15) is 12.2 Å². The Morgan fingerprint density at radius 3 is 2.85 bits per heavy atom. The summed E-state index contributed by atoms with van der Waals surface area (Å²) in [6.07, 6.45) is 6.77. The van der Waals surface area contributed by atoms with E-state index in [1.807, 2.05) is 16.8 Å². The lowest BCUT2D eigenvalue weighted by atomic mass is 10.00. The third-order valence-corrected chi connectivity index (χ3v) is 7.44. The second-order valence-electron chi connectivity index (χ2n) is 9.58. The van der Waals surface area contributed by atoms with Gasteiger partial charge in [-0.1, -0.05) is 19.6 Å². The minimum atomic E-state index is -1.12. The minimum Gasteiger partial charge on any atom is -0.453 e. The molecule has 1 fully saturated rings. The van der Waals surface area contributed by atoms with Crippen LogP contribution in [0.2, 0.25) is 25.7 Å². The molecule has 1 saturated heterocycles. The molecule has 3 rings (SSSR count). The molecule has 0 aromatic carbocycles. The predicted molar refractivity (Wildman–Crippen MR) is 130 cm³/mol. The number of hydrogen-bond donors (Lipinski definition) is 2. The molecule has 2 N–H and O–H groups in total. The molecule has 0 saturated carbocycles. The summed E-state index contributed by atoms with van der Waals surface area (Å²) in [7, 11) is 0.278. The smallest absolute Gasteiger partial charge is 0.409 e. The number of carbonyl (C=O) groups excluding carboxylic acids is 2. The number of fused-ring (bicyclic) bond motifs is 1. The number of anilines is 1. The zero-order chi connectivity index (χ0) is 23.8. The van der Waals surface area contributed by atoms with Gasteiger partial charge in [-0.15, -0.1) is 0 Å². The number of aromatic nitrogens is 3. The lowest BCUT2D eigenvalue weighted by Gasteiger charge is -2.34. The molecule has 182 valence electrons. The van der Waals surface area contributed by atoms with Crippen molar-refractivity contribution in [3.05, 3.63) is 18.5 Å². The van der Waals surface area contributed by atoms with Gasteiger partial charge in [0, 0.05) is 40.0 Å². The first kappa shape index (κ1) is 25.0. The van der Waals surface area contributed by atoms with Crippen molar-refractivity contribution in [2.75, 3.05) is 32.1 Å². The summed E-state index contributed by atoms with van der Waals surface area (Å²) in [5, 5.41) is 5.57. The summed E-state index contributed by atoms with van der Waals surface area (Å²) in [6.45, 7) is 9.28. The van der Waals surface area contributed by atoms with E-state index in [1.54, 1.807) is 11.1 Å². The van der Waals surface area contributed by atoms with Crippen molar-refractivity contribution >= 4 is 37.2 Å². The fourth-order valence-corrected chi connectivity index (χ4v) is 4.59. The Morgan fingerprint density at radius 1 is 1.27 bits per heavy atom. The topological polar surface area (TPSA) is 111 Å². The number of urea groups is 1. The second kappa shape index (κ2) is 11.5. The summed E-state index contributed by atoms with van der Waals surface area (Å²) in [4.78, 5) is 34.9. The van der Waals surface area contributed by atoms with Crippen molar-refractivity contribution in [1.82, 2.24) is 24.8 Å². The van der Waals surface area contributed by atoms with E-state index >= 15 is 0 Å². The number of hydrogen-bond acceptors (Lipinski definition) is 6. The Balaban J connectivity index is 1.46. The number of likely N-dealkylation sites (tertiary alicyclic amines) is 1. The molecule has 2 aromatic rings. The molecule has 0 bridgehead atoms. The Kier molecular flexibility index (Phi) is 8.67. The Labute approximate surface area is 196 Å². The molecular formula is C22H36N6O4Si. The summed E-state index contributed by atoms with van der Waals surface area (Å²) in [6, 6.07) is 2.70. The van der Waals surface area contributed by atoms with E-state index in [1.165, 1.54) is 7.11 Å². The number of carbonyl (C=O) groups is 2. The van der Waals surface area contributed by atoms with Crippen LogP contribution in [0.4, 0.5) is 15.4 Å². The Bertz CT molecular complexity index is 945. The summed E-state index contributed by atoms with van der Waals surface area (Å²) >= 11 is 0.